The van der Waals surface area contributed by atoms with E-state index in [0.29, 0.717) is 12.7 Å². The van der Waals surface area contributed by atoms with Crippen LogP contribution in [0.1, 0.15) is 29.0 Å². The number of hydrogen-bond acceptors (Lipinski definition) is 3. The molecule has 3 aromatic rings. The molecule has 1 N–H and O–H groups in total. The van der Waals surface area contributed by atoms with Crippen LogP contribution in [0.3, 0.4) is 0 Å². The predicted molar refractivity (Wildman–Crippen MR) is 111 cm³/mol. The van der Waals surface area contributed by atoms with Gasteiger partial charge in [-0.3, -0.25) is 0 Å². The van der Waals surface area contributed by atoms with Crippen molar-refractivity contribution in [3.8, 4) is 11.5 Å². The van der Waals surface area contributed by atoms with Crippen molar-refractivity contribution in [2.45, 2.75) is 18.9 Å². The van der Waals surface area contributed by atoms with E-state index in [9.17, 15) is 0 Å². The molecule has 0 saturated carbocycles. The normalized spacial score (nSPS) is 13.0. The lowest BCUT2D eigenvalue weighted by molar-refractivity contribution is 0.174. The highest BCUT2D eigenvalue weighted by Gasteiger charge is 2.19. The average Bonchev–Trinajstić information content (AvgIpc) is 3.17. The van der Waals surface area contributed by atoms with E-state index in [1.807, 2.05) is 6.07 Å². The first-order chi connectivity index (χ1) is 12.9. The highest BCUT2D eigenvalue weighted by atomic mass is 35.5. The standard InChI is InChI=1S/C23H23NO2.ClH/c1-3-7-18(8-4-1)16-24-14-13-21(19-9-5-2-6-10-19)20-11-12-22-23(15-20)26-17-25-22;/h1-12,15,21,24H,13-14,16-17H2;1H. The Balaban J connectivity index is 0.00000210. The Bertz CT molecular complexity index is 840. The number of hydrogen-bond donors (Lipinski definition) is 1. The Morgan fingerprint density at radius 2 is 1.48 bits per heavy atom. The summed E-state index contributed by atoms with van der Waals surface area (Å²) in [4.78, 5) is 0. The van der Waals surface area contributed by atoms with Crippen LogP contribution in [0.4, 0.5) is 0 Å². The van der Waals surface area contributed by atoms with Gasteiger partial charge in [-0.2, -0.15) is 0 Å². The molecule has 1 unspecified atom stereocenters. The van der Waals surface area contributed by atoms with E-state index in [1.165, 1.54) is 16.7 Å². The summed E-state index contributed by atoms with van der Waals surface area (Å²) >= 11 is 0. The Morgan fingerprint density at radius 3 is 2.26 bits per heavy atom. The van der Waals surface area contributed by atoms with Gasteiger partial charge in [0.1, 0.15) is 0 Å². The number of nitrogens with one attached hydrogen (secondary N) is 1. The minimum atomic E-state index is 0. The molecule has 3 nitrogen and oxygen atoms in total. The Kier molecular flexibility index (Phi) is 6.74. The molecule has 27 heavy (non-hydrogen) atoms. The second kappa shape index (κ2) is 9.45. The number of rotatable bonds is 7. The van der Waals surface area contributed by atoms with Crippen molar-refractivity contribution >= 4 is 12.4 Å². The summed E-state index contributed by atoms with van der Waals surface area (Å²) in [6, 6.07) is 27.5. The molecule has 0 fully saturated rings. The largest absolute Gasteiger partial charge is 0.454 e. The maximum Gasteiger partial charge on any atom is 0.231 e. The van der Waals surface area contributed by atoms with Crippen LogP contribution in [-0.4, -0.2) is 13.3 Å². The van der Waals surface area contributed by atoms with Crippen molar-refractivity contribution in [1.29, 1.82) is 0 Å². The van der Waals surface area contributed by atoms with Crippen LogP contribution in [0.25, 0.3) is 0 Å². The summed E-state index contributed by atoms with van der Waals surface area (Å²) in [5, 5.41) is 3.57. The summed E-state index contributed by atoms with van der Waals surface area (Å²) < 4.78 is 11.0. The Morgan fingerprint density at radius 1 is 0.778 bits per heavy atom. The fraction of sp³-hybridized carbons (Fsp3) is 0.217. The van der Waals surface area contributed by atoms with E-state index in [4.69, 9.17) is 9.47 Å². The first kappa shape index (κ1) is 19.3. The molecule has 0 spiro atoms. The summed E-state index contributed by atoms with van der Waals surface area (Å²) in [6.45, 7) is 2.15. The smallest absolute Gasteiger partial charge is 0.231 e. The van der Waals surface area contributed by atoms with Crippen molar-refractivity contribution in [3.05, 3.63) is 95.6 Å². The molecule has 1 aliphatic rings. The van der Waals surface area contributed by atoms with Gasteiger partial charge < -0.3 is 14.8 Å². The SMILES string of the molecule is Cl.c1ccc(CNCCC(c2ccccc2)c2ccc3c(c2)OCO3)cc1. The molecule has 3 aromatic carbocycles. The molecule has 0 radical (unpaired) electrons. The molecule has 1 heterocycles. The van der Waals surface area contributed by atoms with Crippen LogP contribution in [-0.2, 0) is 6.54 Å². The van der Waals surface area contributed by atoms with Crippen LogP contribution in [0.2, 0.25) is 0 Å². The van der Waals surface area contributed by atoms with Crippen LogP contribution < -0.4 is 14.8 Å². The molecular weight excluding hydrogens is 358 g/mol. The second-order valence-electron chi connectivity index (χ2n) is 6.53. The molecule has 0 bridgehead atoms. The lowest BCUT2D eigenvalue weighted by atomic mass is 9.88. The molecule has 0 aromatic heterocycles. The monoisotopic (exact) mass is 381 g/mol. The molecule has 0 aliphatic carbocycles. The minimum absolute atomic E-state index is 0. The minimum Gasteiger partial charge on any atom is -0.454 e. The summed E-state index contributed by atoms with van der Waals surface area (Å²) in [6.07, 6.45) is 1.02. The van der Waals surface area contributed by atoms with Gasteiger partial charge in [0.15, 0.2) is 11.5 Å². The molecule has 0 amide bonds. The highest BCUT2D eigenvalue weighted by molar-refractivity contribution is 5.85. The lowest BCUT2D eigenvalue weighted by Gasteiger charge is -2.19. The summed E-state index contributed by atoms with van der Waals surface area (Å²) in [7, 11) is 0. The van der Waals surface area contributed by atoms with Gasteiger partial charge in [0, 0.05) is 12.5 Å². The van der Waals surface area contributed by atoms with E-state index in [0.717, 1.165) is 31.0 Å². The van der Waals surface area contributed by atoms with Crippen LogP contribution in [0, 0.1) is 0 Å². The van der Waals surface area contributed by atoms with Gasteiger partial charge >= 0.3 is 0 Å². The maximum atomic E-state index is 5.57. The molecular formula is C23H24ClNO2. The zero-order valence-corrected chi connectivity index (χ0v) is 16.0. The number of benzene rings is 3. The third kappa shape index (κ3) is 4.82. The highest BCUT2D eigenvalue weighted by Crippen LogP contribution is 2.37. The summed E-state index contributed by atoms with van der Waals surface area (Å²) in [5.74, 6) is 2.01. The van der Waals surface area contributed by atoms with E-state index in [2.05, 4.69) is 78.1 Å². The topological polar surface area (TPSA) is 30.5 Å². The van der Waals surface area contributed by atoms with Crippen molar-refractivity contribution in [1.82, 2.24) is 5.32 Å². The quantitative estimate of drug-likeness (QED) is 0.574. The zero-order chi connectivity index (χ0) is 17.6. The molecule has 140 valence electrons. The average molecular weight is 382 g/mol. The van der Waals surface area contributed by atoms with E-state index in [-0.39, 0.29) is 12.4 Å². The molecule has 1 atom stereocenters. The number of ether oxygens (including phenoxy) is 2. The third-order valence-corrected chi connectivity index (χ3v) is 4.78. The zero-order valence-electron chi connectivity index (χ0n) is 15.1. The first-order valence-corrected chi connectivity index (χ1v) is 9.09. The summed E-state index contributed by atoms with van der Waals surface area (Å²) in [5.41, 5.74) is 3.90. The van der Waals surface area contributed by atoms with Gasteiger partial charge in [-0.1, -0.05) is 66.7 Å². The van der Waals surface area contributed by atoms with Crippen LogP contribution in [0.5, 0.6) is 11.5 Å². The molecule has 1 aliphatic heterocycles. The number of halogens is 1. The fourth-order valence-electron chi connectivity index (χ4n) is 3.42. The molecule has 4 rings (SSSR count). The molecule has 4 heteroatoms. The Hall–Kier alpha value is -2.49. The van der Waals surface area contributed by atoms with Crippen LogP contribution >= 0.6 is 12.4 Å². The van der Waals surface area contributed by atoms with Crippen molar-refractivity contribution < 1.29 is 9.47 Å². The van der Waals surface area contributed by atoms with Crippen LogP contribution in [0.15, 0.2) is 78.9 Å². The van der Waals surface area contributed by atoms with Crippen molar-refractivity contribution in [3.63, 3.8) is 0 Å². The lowest BCUT2D eigenvalue weighted by Crippen LogP contribution is -2.17. The van der Waals surface area contributed by atoms with Gasteiger partial charge in [0.2, 0.25) is 6.79 Å². The van der Waals surface area contributed by atoms with E-state index < -0.39 is 0 Å². The number of fused-ring (bicyclic) bond motifs is 1. The van der Waals surface area contributed by atoms with Gasteiger partial charge in [0.05, 0.1) is 0 Å². The second-order valence-corrected chi connectivity index (χ2v) is 6.53. The van der Waals surface area contributed by atoms with Gasteiger partial charge in [-0.05, 0) is 41.8 Å². The van der Waals surface area contributed by atoms with Crippen molar-refractivity contribution in [2.75, 3.05) is 13.3 Å². The van der Waals surface area contributed by atoms with E-state index >= 15 is 0 Å². The Labute approximate surface area is 166 Å². The van der Waals surface area contributed by atoms with Crippen molar-refractivity contribution in [2.24, 2.45) is 0 Å². The molecule has 0 saturated heterocycles. The predicted octanol–water partition coefficient (Wildman–Crippen LogP) is 5.15. The van der Waals surface area contributed by atoms with E-state index in [1.54, 1.807) is 0 Å². The first-order valence-electron chi connectivity index (χ1n) is 9.09. The van der Waals surface area contributed by atoms with Gasteiger partial charge in [-0.25, -0.2) is 0 Å². The van der Waals surface area contributed by atoms with Gasteiger partial charge in [0.25, 0.3) is 0 Å². The third-order valence-electron chi connectivity index (χ3n) is 4.78. The van der Waals surface area contributed by atoms with Gasteiger partial charge in [-0.15, -0.1) is 12.4 Å². The maximum absolute atomic E-state index is 5.57. The fourth-order valence-corrected chi connectivity index (χ4v) is 3.42.